The lowest BCUT2D eigenvalue weighted by atomic mass is 10.2. The average molecular weight is 398 g/mol. The molecule has 0 amide bonds. The van der Waals surface area contributed by atoms with Crippen LogP contribution in [-0.4, -0.2) is 8.42 Å². The lowest BCUT2D eigenvalue weighted by Crippen LogP contribution is -2.15. The Morgan fingerprint density at radius 3 is 2.36 bits per heavy atom. The molecule has 0 aliphatic heterocycles. The summed E-state index contributed by atoms with van der Waals surface area (Å²) >= 11 is 3.05. The fourth-order valence-corrected chi connectivity index (χ4v) is 3.08. The van der Waals surface area contributed by atoms with E-state index in [1.54, 1.807) is 0 Å². The smallest absolute Gasteiger partial charge is 0.277 e. The van der Waals surface area contributed by atoms with Gasteiger partial charge >= 0.3 is 6.18 Å². The summed E-state index contributed by atoms with van der Waals surface area (Å²) in [5, 5.41) is 0. The third kappa shape index (κ3) is 3.77. The molecule has 0 aromatic heterocycles. The van der Waals surface area contributed by atoms with Crippen LogP contribution in [0.4, 0.5) is 23.2 Å². The molecule has 3 nitrogen and oxygen atoms in total. The van der Waals surface area contributed by atoms with E-state index >= 15 is 0 Å². The van der Waals surface area contributed by atoms with Crippen LogP contribution in [0, 0.1) is 5.82 Å². The topological polar surface area (TPSA) is 46.2 Å². The van der Waals surface area contributed by atoms with Gasteiger partial charge in [0, 0.05) is 4.47 Å². The number of benzene rings is 2. The van der Waals surface area contributed by atoms with Crippen molar-refractivity contribution in [2.75, 3.05) is 4.72 Å². The molecule has 2 aromatic rings. The van der Waals surface area contributed by atoms with Crippen LogP contribution in [0.2, 0.25) is 0 Å². The third-order valence-corrected chi connectivity index (χ3v) is 4.50. The Hall–Kier alpha value is -1.61. The van der Waals surface area contributed by atoms with Gasteiger partial charge in [-0.15, -0.1) is 0 Å². The molecule has 22 heavy (non-hydrogen) atoms. The lowest BCUT2D eigenvalue weighted by Gasteiger charge is -2.11. The zero-order valence-corrected chi connectivity index (χ0v) is 13.1. The summed E-state index contributed by atoms with van der Waals surface area (Å²) in [5.74, 6) is -0.848. The van der Waals surface area contributed by atoms with E-state index in [4.69, 9.17) is 0 Å². The van der Waals surface area contributed by atoms with Gasteiger partial charge in [0.15, 0.2) is 0 Å². The molecule has 0 heterocycles. The first-order valence-electron chi connectivity index (χ1n) is 5.75. The minimum absolute atomic E-state index is 0.369. The average Bonchev–Trinajstić information content (AvgIpc) is 2.42. The van der Waals surface area contributed by atoms with Crippen molar-refractivity contribution in [3.8, 4) is 0 Å². The Labute approximate surface area is 132 Å². The maximum Gasteiger partial charge on any atom is 0.416 e. The van der Waals surface area contributed by atoms with Gasteiger partial charge < -0.3 is 0 Å². The summed E-state index contributed by atoms with van der Waals surface area (Å²) in [5.41, 5.74) is -1.48. The maximum atomic E-state index is 13.6. The van der Waals surface area contributed by atoms with Crippen LogP contribution in [0.25, 0.3) is 0 Å². The molecule has 0 spiro atoms. The van der Waals surface area contributed by atoms with Gasteiger partial charge in [-0.2, -0.15) is 13.2 Å². The second kappa shape index (κ2) is 5.88. The SMILES string of the molecule is O=S(=O)(Nc1cc(Br)ccc1F)c1cccc(C(F)(F)F)c1. The van der Waals surface area contributed by atoms with Crippen molar-refractivity contribution < 1.29 is 26.0 Å². The summed E-state index contributed by atoms with van der Waals surface area (Å²) in [6, 6.07) is 6.74. The van der Waals surface area contributed by atoms with E-state index in [1.165, 1.54) is 12.1 Å². The highest BCUT2D eigenvalue weighted by Gasteiger charge is 2.31. The first-order chi connectivity index (χ1) is 10.1. The number of hydrogen-bond acceptors (Lipinski definition) is 2. The summed E-state index contributed by atoms with van der Waals surface area (Å²) in [4.78, 5) is -0.610. The van der Waals surface area contributed by atoms with Gasteiger partial charge in [-0.25, -0.2) is 12.8 Å². The first kappa shape index (κ1) is 16.8. The molecule has 9 heteroatoms. The molecular formula is C13H8BrF4NO2S. The first-order valence-corrected chi connectivity index (χ1v) is 8.02. The van der Waals surface area contributed by atoms with Gasteiger partial charge in [0.25, 0.3) is 10.0 Å². The Kier molecular flexibility index (Phi) is 4.48. The molecule has 0 aliphatic carbocycles. The Bertz CT molecular complexity index is 806. The monoisotopic (exact) mass is 397 g/mol. The maximum absolute atomic E-state index is 13.6. The molecule has 0 saturated heterocycles. The summed E-state index contributed by atoms with van der Waals surface area (Å²) < 4.78 is 77.9. The third-order valence-electron chi connectivity index (χ3n) is 2.64. The van der Waals surface area contributed by atoms with Crippen molar-refractivity contribution in [1.82, 2.24) is 0 Å². The minimum Gasteiger partial charge on any atom is -0.277 e. The van der Waals surface area contributed by atoms with Gasteiger partial charge in [-0.3, -0.25) is 4.72 Å². The van der Waals surface area contributed by atoms with Gasteiger partial charge in [-0.05, 0) is 36.4 Å². The second-order valence-corrected chi connectivity index (χ2v) is 6.85. The number of rotatable bonds is 3. The van der Waals surface area contributed by atoms with Crippen molar-refractivity contribution in [3.63, 3.8) is 0 Å². The zero-order valence-electron chi connectivity index (χ0n) is 10.7. The molecule has 0 aliphatic rings. The van der Waals surface area contributed by atoms with Crippen LogP contribution in [0.15, 0.2) is 51.8 Å². The van der Waals surface area contributed by atoms with Crippen LogP contribution < -0.4 is 4.72 Å². The van der Waals surface area contributed by atoms with E-state index in [9.17, 15) is 26.0 Å². The van der Waals surface area contributed by atoms with E-state index in [0.29, 0.717) is 10.5 Å². The lowest BCUT2D eigenvalue weighted by molar-refractivity contribution is -0.137. The Morgan fingerprint density at radius 1 is 1.05 bits per heavy atom. The minimum atomic E-state index is -4.67. The molecule has 1 N–H and O–H groups in total. The van der Waals surface area contributed by atoms with Crippen LogP contribution in [0.5, 0.6) is 0 Å². The molecule has 0 atom stereocenters. The predicted molar refractivity (Wildman–Crippen MR) is 76.4 cm³/mol. The Morgan fingerprint density at radius 2 is 1.73 bits per heavy atom. The highest BCUT2D eigenvalue weighted by Crippen LogP contribution is 2.31. The standard InChI is InChI=1S/C13H8BrF4NO2S/c14-9-4-5-11(15)12(7-9)19-22(20,21)10-3-1-2-8(6-10)13(16,17)18/h1-7,19H. The summed E-state index contributed by atoms with van der Waals surface area (Å²) in [6.07, 6.45) is -4.67. The van der Waals surface area contributed by atoms with Crippen LogP contribution in [-0.2, 0) is 16.2 Å². The largest absolute Gasteiger partial charge is 0.416 e. The molecule has 0 bridgehead atoms. The fourth-order valence-electron chi connectivity index (χ4n) is 1.62. The van der Waals surface area contributed by atoms with E-state index in [2.05, 4.69) is 15.9 Å². The van der Waals surface area contributed by atoms with E-state index in [-0.39, 0.29) is 5.69 Å². The number of sulfonamides is 1. The highest BCUT2D eigenvalue weighted by molar-refractivity contribution is 9.10. The zero-order chi connectivity index (χ0) is 16.5. The van der Waals surface area contributed by atoms with Gasteiger partial charge in [0.05, 0.1) is 16.1 Å². The second-order valence-electron chi connectivity index (χ2n) is 4.26. The van der Waals surface area contributed by atoms with E-state index in [0.717, 1.165) is 24.3 Å². The highest BCUT2D eigenvalue weighted by atomic mass is 79.9. The van der Waals surface area contributed by atoms with Gasteiger partial charge in [0.1, 0.15) is 5.82 Å². The molecule has 0 radical (unpaired) electrons. The molecular weight excluding hydrogens is 390 g/mol. The molecule has 2 aromatic carbocycles. The normalized spacial score (nSPS) is 12.2. The van der Waals surface area contributed by atoms with Gasteiger partial charge in [0.2, 0.25) is 0 Å². The summed E-state index contributed by atoms with van der Waals surface area (Å²) in [7, 11) is -4.35. The van der Waals surface area contributed by atoms with Crippen molar-refractivity contribution in [3.05, 3.63) is 58.3 Å². The molecule has 2 rings (SSSR count). The van der Waals surface area contributed by atoms with Crippen molar-refractivity contribution in [2.45, 2.75) is 11.1 Å². The number of nitrogens with one attached hydrogen (secondary N) is 1. The molecule has 0 saturated carbocycles. The van der Waals surface area contributed by atoms with E-state index in [1.807, 2.05) is 4.72 Å². The summed E-state index contributed by atoms with van der Waals surface area (Å²) in [6.45, 7) is 0. The van der Waals surface area contributed by atoms with Crippen molar-refractivity contribution in [2.24, 2.45) is 0 Å². The fraction of sp³-hybridized carbons (Fsp3) is 0.0769. The number of anilines is 1. The molecule has 118 valence electrons. The number of hydrogen-bond donors (Lipinski definition) is 1. The number of halogens is 5. The van der Waals surface area contributed by atoms with Gasteiger partial charge in [-0.1, -0.05) is 22.0 Å². The Balaban J connectivity index is 2.41. The van der Waals surface area contributed by atoms with E-state index < -0.39 is 32.5 Å². The van der Waals surface area contributed by atoms with Crippen LogP contribution in [0.3, 0.4) is 0 Å². The number of alkyl halides is 3. The van der Waals surface area contributed by atoms with Crippen molar-refractivity contribution in [1.29, 1.82) is 0 Å². The quantitative estimate of drug-likeness (QED) is 0.779. The van der Waals surface area contributed by atoms with Crippen LogP contribution in [0.1, 0.15) is 5.56 Å². The predicted octanol–water partition coefficient (Wildman–Crippen LogP) is 4.41. The van der Waals surface area contributed by atoms with Crippen LogP contribution >= 0.6 is 15.9 Å². The molecule has 0 unspecified atom stereocenters. The molecule has 0 fully saturated rings. The van der Waals surface area contributed by atoms with Crippen molar-refractivity contribution >= 4 is 31.6 Å².